The van der Waals surface area contributed by atoms with Crippen molar-refractivity contribution in [1.82, 2.24) is 4.98 Å². The number of hydrogen-bond donors (Lipinski definition) is 0. The molecule has 5 rings (SSSR count). The molecule has 1 aliphatic heterocycles. The fourth-order valence-corrected chi connectivity index (χ4v) is 4.06. The molecule has 0 N–H and O–H groups in total. The number of anilines is 1. The summed E-state index contributed by atoms with van der Waals surface area (Å²) in [6.45, 7) is 6.09. The van der Waals surface area contributed by atoms with Gasteiger partial charge < -0.3 is 9.32 Å². The van der Waals surface area contributed by atoms with E-state index in [0.717, 1.165) is 40.8 Å². The van der Waals surface area contributed by atoms with E-state index in [-0.39, 0.29) is 5.43 Å². The molecular formula is C26H22N2O2. The van der Waals surface area contributed by atoms with E-state index in [4.69, 9.17) is 9.40 Å². The van der Waals surface area contributed by atoms with Gasteiger partial charge in [-0.3, -0.25) is 4.79 Å². The Labute approximate surface area is 174 Å². The number of aromatic nitrogens is 1. The maximum absolute atomic E-state index is 12.9. The SMILES string of the molecule is CCN(CC)c1ccc2nc3c4ccc(-c5ccccc5)cc4c(=O)cc-3oc2c1. The van der Waals surface area contributed by atoms with Gasteiger partial charge in [-0.05, 0) is 43.2 Å². The van der Waals surface area contributed by atoms with Gasteiger partial charge in [0.1, 0.15) is 11.2 Å². The second-order valence-corrected chi connectivity index (χ2v) is 7.39. The maximum atomic E-state index is 12.9. The number of benzene rings is 4. The Morgan fingerprint density at radius 2 is 1.63 bits per heavy atom. The summed E-state index contributed by atoms with van der Waals surface area (Å²) in [7, 11) is 0. The van der Waals surface area contributed by atoms with Crippen LogP contribution in [0.5, 0.6) is 0 Å². The van der Waals surface area contributed by atoms with Crippen molar-refractivity contribution in [3.8, 4) is 22.6 Å². The number of hydrogen-bond acceptors (Lipinski definition) is 4. The largest absolute Gasteiger partial charge is 0.453 e. The van der Waals surface area contributed by atoms with Gasteiger partial charge in [0.2, 0.25) is 0 Å². The molecule has 4 nitrogen and oxygen atoms in total. The zero-order valence-electron chi connectivity index (χ0n) is 17.1. The van der Waals surface area contributed by atoms with Gasteiger partial charge in [0.15, 0.2) is 16.8 Å². The molecule has 0 spiro atoms. The summed E-state index contributed by atoms with van der Waals surface area (Å²) in [5.41, 5.74) is 5.32. The van der Waals surface area contributed by atoms with Gasteiger partial charge in [-0.1, -0.05) is 42.5 Å². The predicted molar refractivity (Wildman–Crippen MR) is 123 cm³/mol. The van der Waals surface area contributed by atoms with E-state index >= 15 is 0 Å². The highest BCUT2D eigenvalue weighted by molar-refractivity contribution is 5.98. The van der Waals surface area contributed by atoms with Crippen molar-refractivity contribution < 1.29 is 4.42 Å². The van der Waals surface area contributed by atoms with E-state index in [2.05, 4.69) is 24.8 Å². The molecule has 2 aliphatic rings. The van der Waals surface area contributed by atoms with Gasteiger partial charge >= 0.3 is 0 Å². The number of nitrogens with zero attached hydrogens (tertiary/aromatic N) is 2. The molecule has 0 radical (unpaired) electrons. The van der Waals surface area contributed by atoms with Crippen LogP contribution in [0.2, 0.25) is 0 Å². The minimum absolute atomic E-state index is 0.0555. The number of rotatable bonds is 4. The summed E-state index contributed by atoms with van der Waals surface area (Å²) < 4.78 is 6.14. The molecule has 3 aromatic carbocycles. The van der Waals surface area contributed by atoms with E-state index in [1.807, 2.05) is 60.7 Å². The molecule has 1 heterocycles. The Bertz CT molecular complexity index is 1390. The fraction of sp³-hybridized carbons (Fsp3) is 0.154. The van der Waals surface area contributed by atoms with E-state index in [0.29, 0.717) is 22.4 Å². The first-order chi connectivity index (χ1) is 14.7. The normalized spacial score (nSPS) is 11.4. The van der Waals surface area contributed by atoms with Gasteiger partial charge in [-0.15, -0.1) is 0 Å². The van der Waals surface area contributed by atoms with Crippen molar-refractivity contribution in [2.45, 2.75) is 13.8 Å². The fourth-order valence-electron chi connectivity index (χ4n) is 4.06. The second-order valence-electron chi connectivity index (χ2n) is 7.39. The molecule has 0 saturated carbocycles. The van der Waals surface area contributed by atoms with E-state index in [9.17, 15) is 4.79 Å². The molecule has 0 saturated heterocycles. The molecule has 1 aliphatic carbocycles. The van der Waals surface area contributed by atoms with E-state index in [1.54, 1.807) is 6.07 Å². The summed E-state index contributed by atoms with van der Waals surface area (Å²) in [6, 6.07) is 23.6. The molecule has 0 atom stereocenters. The molecule has 0 unspecified atom stereocenters. The summed E-state index contributed by atoms with van der Waals surface area (Å²) >= 11 is 0. The average Bonchev–Trinajstić information content (AvgIpc) is 2.79. The molecule has 0 aromatic heterocycles. The topological polar surface area (TPSA) is 46.3 Å². The molecular weight excluding hydrogens is 372 g/mol. The highest BCUT2D eigenvalue weighted by Crippen LogP contribution is 2.33. The van der Waals surface area contributed by atoms with Crippen molar-refractivity contribution in [1.29, 1.82) is 0 Å². The van der Waals surface area contributed by atoms with Crippen molar-refractivity contribution in [2.24, 2.45) is 0 Å². The van der Waals surface area contributed by atoms with Crippen LogP contribution >= 0.6 is 0 Å². The molecule has 0 bridgehead atoms. The van der Waals surface area contributed by atoms with Crippen LogP contribution in [0, 0.1) is 0 Å². The molecule has 0 amide bonds. The zero-order valence-corrected chi connectivity index (χ0v) is 17.1. The lowest BCUT2D eigenvalue weighted by molar-refractivity contribution is 0.613. The first-order valence-corrected chi connectivity index (χ1v) is 10.3. The van der Waals surface area contributed by atoms with Crippen LogP contribution in [0.3, 0.4) is 0 Å². The third-order valence-corrected chi connectivity index (χ3v) is 5.67. The first kappa shape index (κ1) is 18.4. The Morgan fingerprint density at radius 1 is 0.833 bits per heavy atom. The summed E-state index contributed by atoms with van der Waals surface area (Å²) in [4.78, 5) is 20.0. The molecule has 3 aromatic rings. The van der Waals surface area contributed by atoms with Gasteiger partial charge in [-0.25, -0.2) is 4.98 Å². The highest BCUT2D eigenvalue weighted by Gasteiger charge is 2.17. The van der Waals surface area contributed by atoms with Gasteiger partial charge in [-0.2, -0.15) is 0 Å². The van der Waals surface area contributed by atoms with Crippen LogP contribution in [0.1, 0.15) is 13.8 Å². The van der Waals surface area contributed by atoms with E-state index in [1.165, 1.54) is 0 Å². The standard InChI is InChI=1S/C26H22N2O2/c1-3-28(4-2)19-11-13-22-24(15-19)30-25-16-23(29)21-14-18(17-8-6-5-7-9-17)10-12-20(21)26(25)27-22/h5-16H,3-4H2,1-2H3. The lowest BCUT2D eigenvalue weighted by atomic mass is 9.98. The molecule has 148 valence electrons. The Hall–Kier alpha value is -3.66. The van der Waals surface area contributed by atoms with Gasteiger partial charge in [0.05, 0.1) is 0 Å². The van der Waals surface area contributed by atoms with Crippen LogP contribution in [0.4, 0.5) is 5.69 Å². The van der Waals surface area contributed by atoms with Crippen LogP contribution in [0.25, 0.3) is 44.5 Å². The Kier molecular flexibility index (Phi) is 4.47. The van der Waals surface area contributed by atoms with E-state index < -0.39 is 0 Å². The van der Waals surface area contributed by atoms with Crippen LogP contribution < -0.4 is 10.3 Å². The van der Waals surface area contributed by atoms with Crippen LogP contribution in [-0.2, 0) is 0 Å². The van der Waals surface area contributed by atoms with Gasteiger partial charge in [0.25, 0.3) is 0 Å². The van der Waals surface area contributed by atoms with Gasteiger partial charge in [0, 0.05) is 41.7 Å². The van der Waals surface area contributed by atoms with Crippen LogP contribution in [0.15, 0.2) is 82.0 Å². The third kappa shape index (κ3) is 3.01. The minimum atomic E-state index is -0.0555. The molecule has 4 heteroatoms. The van der Waals surface area contributed by atoms with Crippen molar-refractivity contribution in [2.75, 3.05) is 18.0 Å². The summed E-state index contributed by atoms with van der Waals surface area (Å²) in [5, 5.41) is 1.47. The second kappa shape index (κ2) is 7.30. The van der Waals surface area contributed by atoms with Crippen LogP contribution in [-0.4, -0.2) is 18.1 Å². The van der Waals surface area contributed by atoms with Crippen molar-refractivity contribution in [3.63, 3.8) is 0 Å². The Balaban J connectivity index is 1.72. The predicted octanol–water partition coefficient (Wildman–Crippen LogP) is 5.96. The van der Waals surface area contributed by atoms with Crippen molar-refractivity contribution in [3.05, 3.63) is 83.0 Å². The quantitative estimate of drug-likeness (QED) is 0.279. The summed E-state index contributed by atoms with van der Waals surface area (Å²) in [5.74, 6) is 0.518. The lowest BCUT2D eigenvalue weighted by Gasteiger charge is -2.21. The van der Waals surface area contributed by atoms with Crippen molar-refractivity contribution >= 4 is 27.6 Å². The zero-order chi connectivity index (χ0) is 20.7. The molecule has 0 fully saturated rings. The minimum Gasteiger partial charge on any atom is -0.453 e. The lowest BCUT2D eigenvalue weighted by Crippen LogP contribution is -2.21. The average molecular weight is 394 g/mol. The highest BCUT2D eigenvalue weighted by atomic mass is 16.3. The monoisotopic (exact) mass is 394 g/mol. The Morgan fingerprint density at radius 3 is 2.40 bits per heavy atom. The maximum Gasteiger partial charge on any atom is 0.190 e. The summed E-state index contributed by atoms with van der Waals surface area (Å²) in [6.07, 6.45) is 0. The number of fused-ring (bicyclic) bond motifs is 4. The first-order valence-electron chi connectivity index (χ1n) is 10.3. The smallest absolute Gasteiger partial charge is 0.190 e. The molecule has 30 heavy (non-hydrogen) atoms. The third-order valence-electron chi connectivity index (χ3n) is 5.67.